The first-order valence-corrected chi connectivity index (χ1v) is 9.17. The molecule has 3 rings (SSSR count). The number of ether oxygens (including phenoxy) is 2. The monoisotopic (exact) mass is 386 g/mol. The van der Waals surface area contributed by atoms with Crippen molar-refractivity contribution in [1.82, 2.24) is 5.48 Å². The lowest BCUT2D eigenvalue weighted by atomic mass is 10.1. The van der Waals surface area contributed by atoms with Gasteiger partial charge in [0.05, 0.1) is 19.6 Å². The quantitative estimate of drug-likeness (QED) is 0.420. The van der Waals surface area contributed by atoms with Crippen LogP contribution >= 0.6 is 0 Å². The van der Waals surface area contributed by atoms with Gasteiger partial charge in [0.2, 0.25) is 0 Å². The number of nitrogens with one attached hydrogen (secondary N) is 1. The van der Waals surface area contributed by atoms with Gasteiger partial charge in [-0.3, -0.25) is 10.3 Å². The lowest BCUT2D eigenvalue weighted by Crippen LogP contribution is -2.11. The topological polar surface area (TPSA) is 63.5 Å². The molecule has 0 bridgehead atoms. The average molecular weight is 386 g/mol. The number of rotatable bonds is 9. The molecule has 3 aromatic carbocycles. The van der Waals surface area contributed by atoms with Crippen LogP contribution in [0.2, 0.25) is 0 Å². The summed E-state index contributed by atoms with van der Waals surface area (Å²) in [6, 6.07) is 27.2. The Labute approximate surface area is 170 Å². The van der Waals surface area contributed by atoms with Crippen LogP contribution in [0.15, 0.2) is 85.1 Å². The zero-order valence-electron chi connectivity index (χ0n) is 16.2. The second-order valence-electron chi connectivity index (χ2n) is 6.23. The van der Waals surface area contributed by atoms with Crippen molar-refractivity contribution in [2.24, 2.45) is 0 Å². The van der Waals surface area contributed by atoms with Crippen LogP contribution in [0.5, 0.6) is 11.5 Å². The van der Waals surface area contributed by atoms with E-state index in [1.165, 1.54) is 0 Å². The van der Waals surface area contributed by atoms with E-state index in [4.69, 9.17) is 19.6 Å². The highest BCUT2D eigenvalue weighted by Gasteiger charge is 2.02. The van der Waals surface area contributed by atoms with E-state index in [1.54, 1.807) is 13.4 Å². The summed E-state index contributed by atoms with van der Waals surface area (Å²) < 4.78 is 11.5. The van der Waals surface area contributed by atoms with Crippen molar-refractivity contribution in [1.29, 1.82) is 5.26 Å². The minimum absolute atomic E-state index is 0.405. The Bertz CT molecular complexity index is 960. The lowest BCUT2D eigenvalue weighted by Gasteiger charge is -2.10. The van der Waals surface area contributed by atoms with Gasteiger partial charge in [-0.25, -0.2) is 0 Å². The molecule has 3 aromatic rings. The summed E-state index contributed by atoms with van der Waals surface area (Å²) in [6.45, 7) is 0.453. The molecule has 0 aromatic heterocycles. The van der Waals surface area contributed by atoms with E-state index in [0.717, 1.165) is 28.1 Å². The second kappa shape index (κ2) is 10.5. The summed E-state index contributed by atoms with van der Waals surface area (Å²) in [5.74, 6) is 1.48. The van der Waals surface area contributed by atoms with Gasteiger partial charge in [-0.2, -0.15) is 5.26 Å². The van der Waals surface area contributed by atoms with Crippen LogP contribution in [0.4, 0.5) is 0 Å². The predicted octanol–water partition coefficient (Wildman–Crippen LogP) is 4.86. The molecule has 0 amide bonds. The smallest absolute Gasteiger partial charge is 0.126 e. The third kappa shape index (κ3) is 6.13. The highest BCUT2D eigenvalue weighted by Crippen LogP contribution is 2.18. The van der Waals surface area contributed by atoms with E-state index in [2.05, 4.69) is 11.5 Å². The van der Waals surface area contributed by atoms with Gasteiger partial charge in [-0.1, -0.05) is 54.6 Å². The SMILES string of the molecule is CONC(=COc1ccc(COc2ccc(CC#N)cc2)cc1)c1ccccc1. The molecule has 0 aliphatic heterocycles. The normalized spacial score (nSPS) is 10.8. The van der Waals surface area contributed by atoms with Crippen molar-refractivity contribution in [3.63, 3.8) is 0 Å². The Hall–Kier alpha value is -3.75. The maximum atomic E-state index is 8.71. The molecular formula is C24H22N2O3. The molecule has 0 saturated heterocycles. The van der Waals surface area contributed by atoms with Crippen molar-refractivity contribution in [3.05, 3.63) is 102 Å². The number of hydrogen-bond acceptors (Lipinski definition) is 5. The van der Waals surface area contributed by atoms with E-state index in [9.17, 15) is 0 Å². The molecule has 0 aliphatic carbocycles. The van der Waals surface area contributed by atoms with Crippen LogP contribution in [0.1, 0.15) is 16.7 Å². The van der Waals surface area contributed by atoms with Gasteiger partial charge in [-0.15, -0.1) is 0 Å². The van der Waals surface area contributed by atoms with Gasteiger partial charge in [-0.05, 0) is 35.4 Å². The molecule has 1 N–H and O–H groups in total. The van der Waals surface area contributed by atoms with E-state index in [-0.39, 0.29) is 0 Å². The van der Waals surface area contributed by atoms with Gasteiger partial charge >= 0.3 is 0 Å². The number of hydrogen-bond donors (Lipinski definition) is 1. The molecule has 5 heteroatoms. The van der Waals surface area contributed by atoms with Crippen molar-refractivity contribution in [2.75, 3.05) is 7.11 Å². The maximum Gasteiger partial charge on any atom is 0.126 e. The van der Waals surface area contributed by atoms with Crippen LogP contribution in [0, 0.1) is 11.3 Å². The van der Waals surface area contributed by atoms with Crippen molar-refractivity contribution in [2.45, 2.75) is 13.0 Å². The van der Waals surface area contributed by atoms with Gasteiger partial charge in [0.25, 0.3) is 0 Å². The largest absolute Gasteiger partial charge is 0.489 e. The molecular weight excluding hydrogens is 364 g/mol. The fourth-order valence-corrected chi connectivity index (χ4v) is 2.63. The first-order valence-electron chi connectivity index (χ1n) is 9.17. The summed E-state index contributed by atoms with van der Waals surface area (Å²) in [5.41, 5.74) is 6.52. The molecule has 146 valence electrons. The van der Waals surface area contributed by atoms with Gasteiger partial charge in [0, 0.05) is 5.56 Å². The molecule has 0 fully saturated rings. The molecule has 0 heterocycles. The molecule has 0 spiro atoms. The fraction of sp³-hybridized carbons (Fsp3) is 0.125. The molecule has 0 saturated carbocycles. The minimum atomic E-state index is 0.405. The Morgan fingerprint density at radius 3 is 2.21 bits per heavy atom. The summed E-state index contributed by atoms with van der Waals surface area (Å²) in [7, 11) is 1.56. The Morgan fingerprint density at radius 2 is 1.55 bits per heavy atom. The predicted molar refractivity (Wildman–Crippen MR) is 112 cm³/mol. The van der Waals surface area contributed by atoms with Crippen LogP contribution in [0.25, 0.3) is 5.70 Å². The van der Waals surface area contributed by atoms with Gasteiger partial charge in [0.1, 0.15) is 30.1 Å². The summed E-state index contributed by atoms with van der Waals surface area (Å²) >= 11 is 0. The summed E-state index contributed by atoms with van der Waals surface area (Å²) in [6.07, 6.45) is 2.02. The molecule has 0 aliphatic rings. The number of nitriles is 1. The average Bonchev–Trinajstić information content (AvgIpc) is 2.78. The zero-order valence-corrected chi connectivity index (χ0v) is 16.2. The van der Waals surface area contributed by atoms with Crippen molar-refractivity contribution < 1.29 is 14.3 Å². The fourth-order valence-electron chi connectivity index (χ4n) is 2.63. The summed E-state index contributed by atoms with van der Waals surface area (Å²) in [4.78, 5) is 5.03. The highest BCUT2D eigenvalue weighted by atomic mass is 16.6. The molecule has 0 radical (unpaired) electrons. The second-order valence-corrected chi connectivity index (χ2v) is 6.23. The zero-order chi connectivity index (χ0) is 20.3. The van der Waals surface area contributed by atoms with Crippen LogP contribution < -0.4 is 15.0 Å². The third-order valence-corrected chi connectivity index (χ3v) is 4.15. The van der Waals surface area contributed by atoms with E-state index >= 15 is 0 Å². The van der Waals surface area contributed by atoms with E-state index in [1.807, 2.05) is 78.9 Å². The highest BCUT2D eigenvalue weighted by molar-refractivity contribution is 5.62. The minimum Gasteiger partial charge on any atom is -0.489 e. The Balaban J connectivity index is 1.57. The lowest BCUT2D eigenvalue weighted by molar-refractivity contribution is 0.135. The van der Waals surface area contributed by atoms with Crippen LogP contribution in [-0.4, -0.2) is 7.11 Å². The van der Waals surface area contributed by atoms with Gasteiger partial charge < -0.3 is 9.47 Å². The van der Waals surface area contributed by atoms with Crippen LogP contribution in [-0.2, 0) is 17.9 Å². The summed E-state index contributed by atoms with van der Waals surface area (Å²) in [5, 5.41) is 8.71. The number of nitrogens with zero attached hydrogens (tertiary/aromatic N) is 1. The molecule has 5 nitrogen and oxygen atoms in total. The number of hydroxylamine groups is 1. The third-order valence-electron chi connectivity index (χ3n) is 4.15. The standard InChI is InChI=1S/C24H22N2O3/c1-27-26-24(21-5-3-2-4-6-21)18-29-23-13-9-20(10-14-23)17-28-22-11-7-19(8-12-22)15-16-25/h2-14,18,26H,15,17H2,1H3. The number of benzene rings is 3. The molecule has 0 unspecified atom stereocenters. The maximum absolute atomic E-state index is 8.71. The first-order chi connectivity index (χ1) is 14.3. The van der Waals surface area contributed by atoms with Gasteiger partial charge in [0.15, 0.2) is 0 Å². The van der Waals surface area contributed by atoms with Crippen molar-refractivity contribution >= 4 is 5.70 Å². The van der Waals surface area contributed by atoms with E-state index < -0.39 is 0 Å². The van der Waals surface area contributed by atoms with Crippen molar-refractivity contribution in [3.8, 4) is 17.6 Å². The Kier molecular flexibility index (Phi) is 7.27. The first kappa shape index (κ1) is 20.0. The van der Waals surface area contributed by atoms with E-state index in [0.29, 0.717) is 18.8 Å². The van der Waals surface area contributed by atoms with Crippen LogP contribution in [0.3, 0.4) is 0 Å². The molecule has 29 heavy (non-hydrogen) atoms. The molecule has 0 atom stereocenters. The Morgan fingerprint density at radius 1 is 0.897 bits per heavy atom.